The molecule has 3 nitrogen and oxygen atoms in total. The molecule has 1 aromatic rings. The van der Waals surface area contributed by atoms with Crippen LogP contribution in [-0.4, -0.2) is 15.9 Å². The van der Waals surface area contributed by atoms with Crippen molar-refractivity contribution in [3.05, 3.63) is 16.8 Å². The quantitative estimate of drug-likeness (QED) is 0.601. The topological polar surface area (TPSA) is 53.1 Å². The molecule has 1 rings (SSSR count). The van der Waals surface area contributed by atoms with Crippen LogP contribution in [0.4, 0.5) is 0 Å². The average Bonchev–Trinajstić information content (AvgIpc) is 2.07. The van der Waals surface area contributed by atoms with Crippen LogP contribution in [-0.2, 0) is 0 Å². The number of carbonyl (C=O) groups excluding carboxylic acids is 1. The molecule has 0 unspecified atom stereocenters. The molecule has 0 fully saturated rings. The second-order valence-corrected chi connectivity index (χ2v) is 2.65. The zero-order valence-corrected chi connectivity index (χ0v) is 6.86. The van der Waals surface area contributed by atoms with Crippen LogP contribution in [0.25, 0.3) is 0 Å². The number of aromatic hydroxyl groups is 1. The molecule has 0 aliphatic rings. The Balaban J connectivity index is 3.34. The highest BCUT2D eigenvalue weighted by Crippen LogP contribution is 2.22. The van der Waals surface area contributed by atoms with E-state index in [4.69, 9.17) is 0 Å². The van der Waals surface area contributed by atoms with E-state index in [2.05, 4.69) is 4.98 Å². The van der Waals surface area contributed by atoms with E-state index in [1.807, 2.05) is 13.8 Å². The van der Waals surface area contributed by atoms with E-state index in [1.54, 1.807) is 0 Å². The standard InChI is InChI=1S/C8H11NO2/c1-4-5(2)9-8(11)7(4)6(3)10/h9,11H,1-3H3. The van der Waals surface area contributed by atoms with E-state index in [1.165, 1.54) is 6.92 Å². The third kappa shape index (κ3) is 1.13. The smallest absolute Gasteiger partial charge is 0.199 e. The van der Waals surface area contributed by atoms with Crippen molar-refractivity contribution < 1.29 is 9.90 Å². The second kappa shape index (κ2) is 2.42. The summed E-state index contributed by atoms with van der Waals surface area (Å²) in [6.07, 6.45) is 0. The summed E-state index contributed by atoms with van der Waals surface area (Å²) in [5, 5.41) is 9.21. The monoisotopic (exact) mass is 153 g/mol. The highest BCUT2D eigenvalue weighted by atomic mass is 16.3. The van der Waals surface area contributed by atoms with Crippen LogP contribution in [0.5, 0.6) is 5.88 Å². The molecule has 2 N–H and O–H groups in total. The molecular weight excluding hydrogens is 142 g/mol. The fourth-order valence-electron chi connectivity index (χ4n) is 1.13. The molecule has 0 atom stereocenters. The maximum Gasteiger partial charge on any atom is 0.199 e. The van der Waals surface area contributed by atoms with Gasteiger partial charge in [-0.1, -0.05) is 0 Å². The van der Waals surface area contributed by atoms with E-state index < -0.39 is 0 Å². The number of aromatic amines is 1. The minimum absolute atomic E-state index is 0.0208. The van der Waals surface area contributed by atoms with Gasteiger partial charge in [0.1, 0.15) is 0 Å². The summed E-state index contributed by atoms with van der Waals surface area (Å²) >= 11 is 0. The summed E-state index contributed by atoms with van der Waals surface area (Å²) in [6, 6.07) is 0. The van der Waals surface area contributed by atoms with E-state index in [-0.39, 0.29) is 11.7 Å². The van der Waals surface area contributed by atoms with Crippen LogP contribution in [0.3, 0.4) is 0 Å². The molecule has 0 aliphatic heterocycles. The summed E-state index contributed by atoms with van der Waals surface area (Å²) in [7, 11) is 0. The first-order valence-corrected chi connectivity index (χ1v) is 3.43. The SMILES string of the molecule is CC(=O)c1c(O)[nH]c(C)c1C. The predicted molar refractivity (Wildman–Crippen MR) is 41.9 cm³/mol. The molecule has 0 aliphatic carbocycles. The fraction of sp³-hybridized carbons (Fsp3) is 0.375. The molecule has 0 radical (unpaired) electrons. The van der Waals surface area contributed by atoms with Gasteiger partial charge in [-0.3, -0.25) is 4.79 Å². The van der Waals surface area contributed by atoms with Gasteiger partial charge in [0.15, 0.2) is 11.7 Å². The number of nitrogens with one attached hydrogen (secondary N) is 1. The third-order valence-corrected chi connectivity index (χ3v) is 1.83. The van der Waals surface area contributed by atoms with E-state index in [9.17, 15) is 9.90 Å². The van der Waals surface area contributed by atoms with E-state index in [0.29, 0.717) is 5.56 Å². The first kappa shape index (κ1) is 7.85. The zero-order valence-electron chi connectivity index (χ0n) is 6.86. The normalized spacial score (nSPS) is 10.1. The van der Waals surface area contributed by atoms with Gasteiger partial charge in [0.05, 0.1) is 5.56 Å². The number of aryl methyl sites for hydroxylation is 1. The Bertz CT molecular complexity index is 299. The fourth-order valence-corrected chi connectivity index (χ4v) is 1.13. The second-order valence-electron chi connectivity index (χ2n) is 2.65. The van der Waals surface area contributed by atoms with Crippen LogP contribution in [0.15, 0.2) is 0 Å². The first-order valence-electron chi connectivity index (χ1n) is 3.43. The van der Waals surface area contributed by atoms with Gasteiger partial charge in [0.2, 0.25) is 0 Å². The van der Waals surface area contributed by atoms with Gasteiger partial charge in [-0.2, -0.15) is 0 Å². The zero-order chi connectivity index (χ0) is 8.59. The largest absolute Gasteiger partial charge is 0.494 e. The molecule has 0 saturated carbocycles. The lowest BCUT2D eigenvalue weighted by Gasteiger charge is -1.92. The number of Topliss-reactive ketones (excluding diaryl/α,β-unsaturated/α-hetero) is 1. The van der Waals surface area contributed by atoms with Crippen molar-refractivity contribution in [3.63, 3.8) is 0 Å². The van der Waals surface area contributed by atoms with Crippen molar-refractivity contribution in [3.8, 4) is 5.88 Å². The van der Waals surface area contributed by atoms with Gasteiger partial charge in [-0.25, -0.2) is 0 Å². The first-order chi connectivity index (χ1) is 5.04. The van der Waals surface area contributed by atoms with Crippen LogP contribution < -0.4 is 0 Å². The minimum atomic E-state index is -0.107. The average molecular weight is 153 g/mol. The van der Waals surface area contributed by atoms with Crippen LogP contribution in [0.2, 0.25) is 0 Å². The molecule has 0 spiro atoms. The highest BCUT2D eigenvalue weighted by molar-refractivity contribution is 5.98. The summed E-state index contributed by atoms with van der Waals surface area (Å²) in [5.74, 6) is -0.128. The number of rotatable bonds is 1. The Labute approximate surface area is 65.1 Å². The number of aromatic nitrogens is 1. The summed E-state index contributed by atoms with van der Waals surface area (Å²) in [6.45, 7) is 5.07. The predicted octanol–water partition coefficient (Wildman–Crippen LogP) is 1.54. The van der Waals surface area contributed by atoms with Crippen molar-refractivity contribution >= 4 is 5.78 Å². The summed E-state index contributed by atoms with van der Waals surface area (Å²) < 4.78 is 0. The molecule has 0 aromatic carbocycles. The lowest BCUT2D eigenvalue weighted by atomic mass is 10.1. The van der Waals surface area contributed by atoms with E-state index in [0.717, 1.165) is 11.3 Å². The molecule has 0 saturated heterocycles. The van der Waals surface area contributed by atoms with Gasteiger partial charge >= 0.3 is 0 Å². The Hall–Kier alpha value is -1.25. The number of hydrogen-bond donors (Lipinski definition) is 2. The molecule has 3 heteroatoms. The minimum Gasteiger partial charge on any atom is -0.494 e. The lowest BCUT2D eigenvalue weighted by molar-refractivity contribution is 0.101. The molecule has 60 valence electrons. The van der Waals surface area contributed by atoms with Gasteiger partial charge < -0.3 is 10.1 Å². The molecule has 0 bridgehead atoms. The summed E-state index contributed by atoms with van der Waals surface area (Å²) in [5.41, 5.74) is 2.07. The van der Waals surface area contributed by atoms with Gasteiger partial charge in [0.25, 0.3) is 0 Å². The van der Waals surface area contributed by atoms with Gasteiger partial charge in [-0.15, -0.1) is 0 Å². The molecule has 11 heavy (non-hydrogen) atoms. The van der Waals surface area contributed by atoms with Crippen molar-refractivity contribution in [2.24, 2.45) is 0 Å². The Kier molecular flexibility index (Phi) is 1.72. The maximum absolute atomic E-state index is 10.9. The molecule has 0 amide bonds. The van der Waals surface area contributed by atoms with Crippen molar-refractivity contribution in [1.82, 2.24) is 4.98 Å². The number of H-pyrrole nitrogens is 1. The maximum atomic E-state index is 10.9. The highest BCUT2D eigenvalue weighted by Gasteiger charge is 2.13. The van der Waals surface area contributed by atoms with Crippen molar-refractivity contribution in [2.45, 2.75) is 20.8 Å². The van der Waals surface area contributed by atoms with Crippen molar-refractivity contribution in [1.29, 1.82) is 0 Å². The van der Waals surface area contributed by atoms with Crippen LogP contribution >= 0.6 is 0 Å². The van der Waals surface area contributed by atoms with Gasteiger partial charge in [0, 0.05) is 5.69 Å². The number of ketones is 1. The molecular formula is C8H11NO2. The Morgan fingerprint density at radius 3 is 2.18 bits per heavy atom. The number of hydrogen-bond acceptors (Lipinski definition) is 2. The van der Waals surface area contributed by atoms with Crippen LogP contribution in [0.1, 0.15) is 28.5 Å². The summed E-state index contributed by atoms with van der Waals surface area (Å²) in [4.78, 5) is 13.6. The van der Waals surface area contributed by atoms with Crippen LogP contribution in [0, 0.1) is 13.8 Å². The Morgan fingerprint density at radius 1 is 1.45 bits per heavy atom. The van der Waals surface area contributed by atoms with Crippen molar-refractivity contribution in [2.75, 3.05) is 0 Å². The third-order valence-electron chi connectivity index (χ3n) is 1.83. The van der Waals surface area contributed by atoms with Gasteiger partial charge in [-0.05, 0) is 26.3 Å². The number of carbonyl (C=O) groups is 1. The molecule has 1 aromatic heterocycles. The van der Waals surface area contributed by atoms with E-state index >= 15 is 0 Å². The Morgan fingerprint density at radius 2 is 2.00 bits per heavy atom. The molecule has 1 heterocycles. The lowest BCUT2D eigenvalue weighted by Crippen LogP contribution is -1.92.